The minimum Gasteiger partial charge on any atom is -0.360 e. The van der Waals surface area contributed by atoms with Crippen LogP contribution in [0.5, 0.6) is 0 Å². The minimum atomic E-state index is -0.198. The van der Waals surface area contributed by atoms with Gasteiger partial charge in [-0.3, -0.25) is 0 Å². The molecule has 13 heavy (non-hydrogen) atoms. The van der Waals surface area contributed by atoms with Crippen LogP contribution >= 0.6 is 15.9 Å². The molecule has 0 saturated carbocycles. The molecule has 2 aromatic rings. The molecule has 70 valence electrons. The van der Waals surface area contributed by atoms with Gasteiger partial charge in [-0.05, 0) is 28.1 Å². The van der Waals surface area contributed by atoms with Crippen molar-refractivity contribution in [1.82, 2.24) is 4.98 Å². The van der Waals surface area contributed by atoms with Crippen LogP contribution in [0, 0.1) is 5.82 Å². The van der Waals surface area contributed by atoms with Gasteiger partial charge in [0.2, 0.25) is 0 Å². The van der Waals surface area contributed by atoms with Crippen LogP contribution in [0.2, 0.25) is 0 Å². The SMILES string of the molecule is CC.Fc1cccc2[nH]cc(Br)c12. The van der Waals surface area contributed by atoms with Gasteiger partial charge in [-0.15, -0.1) is 0 Å². The van der Waals surface area contributed by atoms with Crippen LogP contribution in [0.1, 0.15) is 13.8 Å². The highest BCUT2D eigenvalue weighted by Crippen LogP contribution is 2.25. The maximum Gasteiger partial charge on any atom is 0.133 e. The summed E-state index contributed by atoms with van der Waals surface area (Å²) < 4.78 is 13.8. The number of halogens is 2. The van der Waals surface area contributed by atoms with Crippen LogP contribution in [-0.4, -0.2) is 4.98 Å². The summed E-state index contributed by atoms with van der Waals surface area (Å²) >= 11 is 3.25. The lowest BCUT2D eigenvalue weighted by atomic mass is 10.2. The van der Waals surface area contributed by atoms with E-state index in [2.05, 4.69) is 20.9 Å². The van der Waals surface area contributed by atoms with Crippen LogP contribution in [0.4, 0.5) is 4.39 Å². The van der Waals surface area contributed by atoms with Crippen molar-refractivity contribution in [1.29, 1.82) is 0 Å². The standard InChI is InChI=1S/C8H5BrFN.C2H6/c9-5-4-11-7-3-1-2-6(10)8(5)7;1-2/h1-4,11H;1-2H3. The Labute approximate surface area is 85.1 Å². The zero-order valence-electron chi connectivity index (χ0n) is 7.57. The topological polar surface area (TPSA) is 15.8 Å². The van der Waals surface area contributed by atoms with Crippen LogP contribution in [0.15, 0.2) is 28.9 Å². The van der Waals surface area contributed by atoms with Crippen molar-refractivity contribution in [2.45, 2.75) is 13.8 Å². The van der Waals surface area contributed by atoms with E-state index in [1.54, 1.807) is 12.3 Å². The van der Waals surface area contributed by atoms with Crippen molar-refractivity contribution >= 4 is 26.8 Å². The number of H-pyrrole nitrogens is 1. The summed E-state index contributed by atoms with van der Waals surface area (Å²) in [6, 6.07) is 4.96. The van der Waals surface area contributed by atoms with Crippen LogP contribution < -0.4 is 0 Å². The van der Waals surface area contributed by atoms with Gasteiger partial charge in [0, 0.05) is 21.6 Å². The highest BCUT2D eigenvalue weighted by molar-refractivity contribution is 9.10. The summed E-state index contributed by atoms with van der Waals surface area (Å²) in [6.07, 6.45) is 1.73. The number of fused-ring (bicyclic) bond motifs is 1. The van der Waals surface area contributed by atoms with E-state index in [4.69, 9.17) is 0 Å². The molecule has 0 bridgehead atoms. The third-order valence-corrected chi connectivity index (χ3v) is 2.23. The minimum absolute atomic E-state index is 0.198. The van der Waals surface area contributed by atoms with Crippen molar-refractivity contribution in [3.8, 4) is 0 Å². The van der Waals surface area contributed by atoms with Crippen LogP contribution in [-0.2, 0) is 0 Å². The monoisotopic (exact) mass is 243 g/mol. The molecule has 0 aliphatic carbocycles. The molecule has 0 saturated heterocycles. The van der Waals surface area contributed by atoms with Gasteiger partial charge in [0.1, 0.15) is 5.82 Å². The van der Waals surface area contributed by atoms with Gasteiger partial charge >= 0.3 is 0 Å². The Morgan fingerprint density at radius 1 is 1.31 bits per heavy atom. The number of benzene rings is 1. The Bertz CT molecular complexity index is 395. The normalized spacial score (nSPS) is 9.54. The summed E-state index contributed by atoms with van der Waals surface area (Å²) in [6.45, 7) is 4.00. The largest absolute Gasteiger partial charge is 0.360 e. The van der Waals surface area contributed by atoms with Crippen molar-refractivity contribution in [2.75, 3.05) is 0 Å². The Morgan fingerprint density at radius 2 is 2.00 bits per heavy atom. The molecule has 1 heterocycles. The van der Waals surface area contributed by atoms with Crippen LogP contribution in [0.3, 0.4) is 0 Å². The first-order chi connectivity index (χ1) is 6.29. The van der Waals surface area contributed by atoms with Gasteiger partial charge in [0.25, 0.3) is 0 Å². The highest BCUT2D eigenvalue weighted by atomic mass is 79.9. The van der Waals surface area contributed by atoms with E-state index in [1.807, 2.05) is 19.9 Å². The van der Waals surface area contributed by atoms with E-state index in [0.717, 1.165) is 9.99 Å². The van der Waals surface area contributed by atoms with Gasteiger partial charge < -0.3 is 4.98 Å². The Morgan fingerprint density at radius 3 is 2.62 bits per heavy atom. The fourth-order valence-corrected chi connectivity index (χ4v) is 1.62. The zero-order valence-corrected chi connectivity index (χ0v) is 9.15. The van der Waals surface area contributed by atoms with Crippen molar-refractivity contribution in [2.24, 2.45) is 0 Å². The van der Waals surface area contributed by atoms with E-state index in [9.17, 15) is 4.39 Å². The summed E-state index contributed by atoms with van der Waals surface area (Å²) in [5.41, 5.74) is 0.817. The zero-order chi connectivity index (χ0) is 9.84. The predicted octanol–water partition coefficient (Wildman–Crippen LogP) is 4.10. The van der Waals surface area contributed by atoms with E-state index >= 15 is 0 Å². The second kappa shape index (κ2) is 4.42. The molecule has 0 radical (unpaired) electrons. The molecule has 0 atom stereocenters. The number of rotatable bonds is 0. The molecule has 3 heteroatoms. The molecule has 0 fully saturated rings. The first kappa shape index (κ1) is 10.3. The van der Waals surface area contributed by atoms with E-state index in [-0.39, 0.29) is 5.82 Å². The molecule has 1 aromatic carbocycles. The molecule has 1 aromatic heterocycles. The van der Waals surface area contributed by atoms with Crippen molar-refractivity contribution in [3.63, 3.8) is 0 Å². The Hall–Kier alpha value is -0.830. The molecule has 0 amide bonds. The summed E-state index contributed by atoms with van der Waals surface area (Å²) in [5, 5.41) is 0.618. The molecule has 1 N–H and O–H groups in total. The number of nitrogens with one attached hydrogen (secondary N) is 1. The lowest BCUT2D eigenvalue weighted by molar-refractivity contribution is 0.639. The predicted molar refractivity (Wildman–Crippen MR) is 57.3 cm³/mol. The average Bonchev–Trinajstić information content (AvgIpc) is 2.53. The Kier molecular flexibility index (Phi) is 3.48. The Balaban J connectivity index is 0.000000396. The quantitative estimate of drug-likeness (QED) is 0.718. The molecular formula is C10H11BrFN. The lowest BCUT2D eigenvalue weighted by Crippen LogP contribution is -1.73. The van der Waals surface area contributed by atoms with E-state index < -0.39 is 0 Å². The maximum absolute atomic E-state index is 13.0. The number of hydrogen-bond acceptors (Lipinski definition) is 0. The van der Waals surface area contributed by atoms with Gasteiger partial charge in [0.15, 0.2) is 0 Å². The molecule has 1 nitrogen and oxygen atoms in total. The lowest BCUT2D eigenvalue weighted by Gasteiger charge is -1.90. The number of aromatic nitrogens is 1. The average molecular weight is 244 g/mol. The second-order valence-electron chi connectivity index (χ2n) is 2.30. The number of hydrogen-bond donors (Lipinski definition) is 1. The first-order valence-corrected chi connectivity index (χ1v) is 4.99. The van der Waals surface area contributed by atoms with E-state index in [1.165, 1.54) is 6.07 Å². The first-order valence-electron chi connectivity index (χ1n) is 4.20. The fourth-order valence-electron chi connectivity index (χ4n) is 1.10. The summed E-state index contributed by atoms with van der Waals surface area (Å²) in [7, 11) is 0. The molecule has 0 aliphatic heterocycles. The van der Waals surface area contributed by atoms with Gasteiger partial charge in [-0.2, -0.15) is 0 Å². The van der Waals surface area contributed by atoms with Crippen LogP contribution in [0.25, 0.3) is 10.9 Å². The maximum atomic E-state index is 13.0. The van der Waals surface area contributed by atoms with Crippen molar-refractivity contribution in [3.05, 3.63) is 34.7 Å². The molecule has 0 spiro atoms. The molecule has 2 rings (SSSR count). The smallest absolute Gasteiger partial charge is 0.133 e. The summed E-state index contributed by atoms with van der Waals surface area (Å²) in [4.78, 5) is 2.94. The highest BCUT2D eigenvalue weighted by Gasteiger charge is 2.04. The molecule has 0 aliphatic rings. The summed E-state index contributed by atoms with van der Waals surface area (Å²) in [5.74, 6) is -0.198. The van der Waals surface area contributed by atoms with Gasteiger partial charge in [-0.1, -0.05) is 19.9 Å². The fraction of sp³-hybridized carbons (Fsp3) is 0.200. The third-order valence-electron chi connectivity index (χ3n) is 1.61. The number of aromatic amines is 1. The second-order valence-corrected chi connectivity index (χ2v) is 3.15. The molecular weight excluding hydrogens is 233 g/mol. The van der Waals surface area contributed by atoms with E-state index in [0.29, 0.717) is 5.39 Å². The third kappa shape index (κ3) is 1.91. The van der Waals surface area contributed by atoms with Crippen molar-refractivity contribution < 1.29 is 4.39 Å². The van der Waals surface area contributed by atoms with Gasteiger partial charge in [-0.25, -0.2) is 4.39 Å². The van der Waals surface area contributed by atoms with Gasteiger partial charge in [0.05, 0.1) is 0 Å². The molecule has 0 unspecified atom stereocenters.